The minimum Gasteiger partial charge on any atom is -0.481 e. The van der Waals surface area contributed by atoms with Gasteiger partial charge in [-0.1, -0.05) is 29.3 Å². The second-order valence-corrected chi connectivity index (χ2v) is 5.67. The van der Waals surface area contributed by atoms with Crippen LogP contribution in [0.1, 0.15) is 37.2 Å². The molecule has 1 aromatic rings. The highest BCUT2D eigenvalue weighted by atomic mass is 35.5. The molecule has 1 saturated carbocycles. The molecule has 1 N–H and O–H groups in total. The normalized spacial score (nSPS) is 20.5. The molecule has 102 valence electrons. The monoisotopic (exact) mass is 300 g/mol. The lowest BCUT2D eigenvalue weighted by Gasteiger charge is -2.16. The molecule has 1 aromatic carbocycles. The van der Waals surface area contributed by atoms with Crippen LogP contribution in [0.15, 0.2) is 18.2 Å². The maximum absolute atomic E-state index is 11.6. The second kappa shape index (κ2) is 5.93. The number of carboxylic acids is 1. The van der Waals surface area contributed by atoms with Crippen molar-refractivity contribution in [1.29, 1.82) is 0 Å². The van der Waals surface area contributed by atoms with Crippen LogP contribution in [0.4, 0.5) is 0 Å². The summed E-state index contributed by atoms with van der Waals surface area (Å²) in [6.07, 6.45) is 2.55. The summed E-state index contributed by atoms with van der Waals surface area (Å²) in [5, 5.41) is 10.1. The van der Waals surface area contributed by atoms with Crippen LogP contribution in [0, 0.1) is 5.92 Å². The van der Waals surface area contributed by atoms with E-state index in [1.54, 1.807) is 18.2 Å². The summed E-state index contributed by atoms with van der Waals surface area (Å²) >= 11 is 11.7. The molecule has 0 aromatic heterocycles. The van der Waals surface area contributed by atoms with E-state index in [0.29, 0.717) is 28.5 Å². The van der Waals surface area contributed by atoms with E-state index in [1.807, 2.05) is 0 Å². The molecule has 0 saturated heterocycles. The predicted molar refractivity (Wildman–Crippen MR) is 73.8 cm³/mol. The standard InChI is InChI=1S/C14H14Cl2O3/c15-11-5-4-8(7-12(11)16)10(14(18)19)6-9-2-1-3-13(9)17/h4-5,7,9-10H,1-3,6H2,(H,18,19). The molecule has 0 aliphatic heterocycles. The van der Waals surface area contributed by atoms with Crippen molar-refractivity contribution in [3.05, 3.63) is 33.8 Å². The van der Waals surface area contributed by atoms with Crippen LogP contribution in [-0.4, -0.2) is 16.9 Å². The molecule has 1 fully saturated rings. The molecule has 1 aliphatic carbocycles. The number of Topliss-reactive ketones (excluding diaryl/α,β-unsaturated/α-hetero) is 1. The number of halogens is 2. The fourth-order valence-electron chi connectivity index (χ4n) is 2.53. The molecule has 0 heterocycles. The summed E-state index contributed by atoms with van der Waals surface area (Å²) in [6, 6.07) is 4.82. The molecular weight excluding hydrogens is 287 g/mol. The van der Waals surface area contributed by atoms with Crippen molar-refractivity contribution in [1.82, 2.24) is 0 Å². The van der Waals surface area contributed by atoms with E-state index in [9.17, 15) is 14.7 Å². The Hall–Kier alpha value is -1.06. The van der Waals surface area contributed by atoms with Gasteiger partial charge in [0.05, 0.1) is 16.0 Å². The smallest absolute Gasteiger partial charge is 0.310 e. The van der Waals surface area contributed by atoms with Gasteiger partial charge < -0.3 is 5.11 Å². The van der Waals surface area contributed by atoms with Crippen molar-refractivity contribution in [2.24, 2.45) is 5.92 Å². The number of hydrogen-bond donors (Lipinski definition) is 1. The molecule has 1 aliphatic rings. The first kappa shape index (κ1) is 14.4. The largest absolute Gasteiger partial charge is 0.481 e. The number of carbonyl (C=O) groups excluding carboxylic acids is 1. The molecule has 2 rings (SSSR count). The van der Waals surface area contributed by atoms with Crippen molar-refractivity contribution >= 4 is 35.0 Å². The van der Waals surface area contributed by atoms with Gasteiger partial charge in [-0.2, -0.15) is 0 Å². The zero-order chi connectivity index (χ0) is 14.0. The number of ketones is 1. The molecule has 3 nitrogen and oxygen atoms in total. The minimum atomic E-state index is -0.932. The van der Waals surface area contributed by atoms with E-state index in [0.717, 1.165) is 12.8 Å². The molecule has 0 spiro atoms. The third-order valence-corrected chi connectivity index (χ3v) is 4.33. The van der Waals surface area contributed by atoms with Crippen LogP contribution in [0.3, 0.4) is 0 Å². The average molecular weight is 301 g/mol. The number of carboxylic acid groups (broad SMARTS) is 1. The fraction of sp³-hybridized carbons (Fsp3) is 0.429. The van der Waals surface area contributed by atoms with Crippen LogP contribution in [0.25, 0.3) is 0 Å². The molecule has 2 atom stereocenters. The average Bonchev–Trinajstić information content (AvgIpc) is 2.75. The summed E-state index contributed by atoms with van der Waals surface area (Å²) in [5.41, 5.74) is 0.599. The van der Waals surface area contributed by atoms with Gasteiger partial charge in [-0.25, -0.2) is 0 Å². The summed E-state index contributed by atoms with van der Waals surface area (Å²) < 4.78 is 0. The lowest BCUT2D eigenvalue weighted by molar-refractivity contribution is -0.139. The predicted octanol–water partition coefficient (Wildman–Crippen LogP) is 3.92. The van der Waals surface area contributed by atoms with Crippen LogP contribution in [0.5, 0.6) is 0 Å². The third-order valence-electron chi connectivity index (χ3n) is 3.60. The number of benzene rings is 1. The number of carbonyl (C=O) groups is 2. The molecule has 0 radical (unpaired) electrons. The van der Waals surface area contributed by atoms with Crippen molar-refractivity contribution < 1.29 is 14.7 Å². The Balaban J connectivity index is 2.22. The quantitative estimate of drug-likeness (QED) is 0.917. The van der Waals surface area contributed by atoms with Gasteiger partial charge in [0.2, 0.25) is 0 Å². The Morgan fingerprint density at radius 1 is 1.37 bits per heavy atom. The second-order valence-electron chi connectivity index (χ2n) is 4.86. The molecule has 0 bridgehead atoms. The van der Waals surface area contributed by atoms with Crippen molar-refractivity contribution in [2.45, 2.75) is 31.6 Å². The van der Waals surface area contributed by atoms with Gasteiger partial charge in [0, 0.05) is 12.3 Å². The SMILES string of the molecule is O=C1CCCC1CC(C(=O)O)c1ccc(Cl)c(Cl)c1. The molecule has 0 amide bonds. The lowest BCUT2D eigenvalue weighted by atomic mass is 9.87. The Labute approximate surface area is 121 Å². The third kappa shape index (κ3) is 3.28. The highest BCUT2D eigenvalue weighted by Gasteiger charge is 2.31. The highest BCUT2D eigenvalue weighted by molar-refractivity contribution is 6.42. The molecule has 2 unspecified atom stereocenters. The molecule has 5 heteroatoms. The zero-order valence-corrected chi connectivity index (χ0v) is 11.7. The van der Waals surface area contributed by atoms with Crippen LogP contribution >= 0.6 is 23.2 Å². The maximum Gasteiger partial charge on any atom is 0.310 e. The van der Waals surface area contributed by atoms with E-state index in [4.69, 9.17) is 23.2 Å². The molecular formula is C14H14Cl2O3. The summed E-state index contributed by atoms with van der Waals surface area (Å²) in [4.78, 5) is 23.0. The summed E-state index contributed by atoms with van der Waals surface area (Å²) in [5.74, 6) is -1.61. The minimum absolute atomic E-state index is 0.143. The Morgan fingerprint density at radius 3 is 2.63 bits per heavy atom. The van der Waals surface area contributed by atoms with E-state index in [2.05, 4.69) is 0 Å². The first-order chi connectivity index (χ1) is 8.99. The van der Waals surface area contributed by atoms with Gasteiger partial charge in [-0.3, -0.25) is 9.59 Å². The fourth-order valence-corrected chi connectivity index (χ4v) is 2.84. The van der Waals surface area contributed by atoms with Gasteiger partial charge in [0.15, 0.2) is 0 Å². The Kier molecular flexibility index (Phi) is 4.48. The highest BCUT2D eigenvalue weighted by Crippen LogP contribution is 2.34. The summed E-state index contributed by atoms with van der Waals surface area (Å²) in [6.45, 7) is 0. The van der Waals surface area contributed by atoms with E-state index >= 15 is 0 Å². The van der Waals surface area contributed by atoms with E-state index in [1.165, 1.54) is 0 Å². The maximum atomic E-state index is 11.6. The first-order valence-electron chi connectivity index (χ1n) is 6.19. The van der Waals surface area contributed by atoms with Gasteiger partial charge in [-0.05, 0) is 37.0 Å². The number of aliphatic carboxylic acids is 1. The van der Waals surface area contributed by atoms with Crippen molar-refractivity contribution in [3.63, 3.8) is 0 Å². The Morgan fingerprint density at radius 2 is 2.11 bits per heavy atom. The number of hydrogen-bond acceptors (Lipinski definition) is 2. The van der Waals surface area contributed by atoms with Crippen LogP contribution < -0.4 is 0 Å². The zero-order valence-electron chi connectivity index (χ0n) is 10.2. The van der Waals surface area contributed by atoms with Gasteiger partial charge in [0.25, 0.3) is 0 Å². The van der Waals surface area contributed by atoms with E-state index in [-0.39, 0.29) is 11.7 Å². The van der Waals surface area contributed by atoms with Crippen LogP contribution in [-0.2, 0) is 9.59 Å². The number of rotatable bonds is 4. The topological polar surface area (TPSA) is 54.4 Å². The first-order valence-corrected chi connectivity index (χ1v) is 6.95. The van der Waals surface area contributed by atoms with Crippen molar-refractivity contribution in [2.75, 3.05) is 0 Å². The van der Waals surface area contributed by atoms with Gasteiger partial charge in [0.1, 0.15) is 5.78 Å². The summed E-state index contributed by atoms with van der Waals surface area (Å²) in [7, 11) is 0. The van der Waals surface area contributed by atoms with Crippen molar-refractivity contribution in [3.8, 4) is 0 Å². The van der Waals surface area contributed by atoms with E-state index < -0.39 is 11.9 Å². The van der Waals surface area contributed by atoms with Crippen LogP contribution in [0.2, 0.25) is 10.0 Å². The molecule has 19 heavy (non-hydrogen) atoms. The van der Waals surface area contributed by atoms with Gasteiger partial charge >= 0.3 is 5.97 Å². The Bertz CT molecular complexity index is 513. The van der Waals surface area contributed by atoms with Gasteiger partial charge in [-0.15, -0.1) is 0 Å². The lowest BCUT2D eigenvalue weighted by Crippen LogP contribution is -2.18.